The number of rotatable bonds is 12. The topological polar surface area (TPSA) is 74.6 Å². The predicted molar refractivity (Wildman–Crippen MR) is 108 cm³/mol. The largest absolute Gasteiger partial charge is 0.478 e. The zero-order valence-electron chi connectivity index (χ0n) is 16.7. The Bertz CT molecular complexity index is 593. The monoisotopic (exact) mass is 374 g/mol. The summed E-state index contributed by atoms with van der Waals surface area (Å²) in [6, 6.07) is 0. The number of carbonyl (C=O) groups is 2. The molecule has 4 nitrogen and oxygen atoms in total. The molecule has 0 aliphatic heterocycles. The number of Topliss-reactive ketones (excluding diaryl/α,β-unsaturated/α-hetero) is 1. The van der Waals surface area contributed by atoms with E-state index in [2.05, 4.69) is 18.8 Å². The summed E-state index contributed by atoms with van der Waals surface area (Å²) in [7, 11) is 0. The number of hydrogen-bond acceptors (Lipinski definition) is 3. The fourth-order valence-electron chi connectivity index (χ4n) is 3.92. The van der Waals surface area contributed by atoms with Crippen LogP contribution < -0.4 is 0 Å². The maximum atomic E-state index is 12.2. The first-order valence-electron chi connectivity index (χ1n) is 10.2. The summed E-state index contributed by atoms with van der Waals surface area (Å²) in [5, 5.41) is 19.2. The second kappa shape index (κ2) is 12.5. The van der Waals surface area contributed by atoms with Gasteiger partial charge in [-0.25, -0.2) is 4.79 Å². The van der Waals surface area contributed by atoms with E-state index in [1.165, 1.54) is 6.08 Å². The summed E-state index contributed by atoms with van der Waals surface area (Å²) >= 11 is 0. The summed E-state index contributed by atoms with van der Waals surface area (Å²) in [6.07, 6.45) is 14.7. The zero-order valence-corrected chi connectivity index (χ0v) is 16.7. The van der Waals surface area contributed by atoms with Crippen LogP contribution in [0.2, 0.25) is 0 Å². The molecule has 4 heteroatoms. The van der Waals surface area contributed by atoms with Crippen molar-refractivity contribution in [3.8, 4) is 11.8 Å². The standard InChI is InChI=1S/C23H34O4/c1-3-5-17-23(27,16-4-2)18-10-11-19-14-15-21(24)20(19)12-8-6-7-9-13-22(25)26/h6-7,9,13,19-20,27H,3,5,8,10-12,14-15,17-18H2,1-2H3,(H,25,26)/t19-,20+,23?/m0/s1. The number of unbranched alkanes of at least 4 members (excludes halogenated alkanes) is 1. The minimum absolute atomic E-state index is 0.0964. The van der Waals surface area contributed by atoms with E-state index in [1.54, 1.807) is 13.0 Å². The highest BCUT2D eigenvalue weighted by Gasteiger charge is 2.34. The smallest absolute Gasteiger partial charge is 0.328 e. The number of ketones is 1. The van der Waals surface area contributed by atoms with E-state index in [-0.39, 0.29) is 5.92 Å². The van der Waals surface area contributed by atoms with Crippen molar-refractivity contribution in [1.82, 2.24) is 0 Å². The minimum Gasteiger partial charge on any atom is -0.478 e. The molecule has 3 atom stereocenters. The molecule has 1 fully saturated rings. The van der Waals surface area contributed by atoms with E-state index in [4.69, 9.17) is 5.11 Å². The number of hydrogen-bond donors (Lipinski definition) is 2. The fourth-order valence-corrected chi connectivity index (χ4v) is 3.92. The summed E-state index contributed by atoms with van der Waals surface area (Å²) in [5.74, 6) is 5.72. The highest BCUT2D eigenvalue weighted by atomic mass is 16.4. The van der Waals surface area contributed by atoms with Gasteiger partial charge in [-0.2, -0.15) is 0 Å². The number of aliphatic carboxylic acids is 1. The van der Waals surface area contributed by atoms with Gasteiger partial charge < -0.3 is 10.2 Å². The van der Waals surface area contributed by atoms with Gasteiger partial charge in [-0.3, -0.25) is 4.79 Å². The molecule has 1 aliphatic carbocycles. The van der Waals surface area contributed by atoms with Crippen LogP contribution in [-0.4, -0.2) is 27.6 Å². The van der Waals surface area contributed by atoms with Gasteiger partial charge in [-0.15, -0.1) is 5.92 Å². The van der Waals surface area contributed by atoms with E-state index < -0.39 is 11.6 Å². The second-order valence-electron chi connectivity index (χ2n) is 7.48. The van der Waals surface area contributed by atoms with Gasteiger partial charge in [0.05, 0.1) is 0 Å². The van der Waals surface area contributed by atoms with Crippen LogP contribution in [0, 0.1) is 23.7 Å². The molecule has 0 spiro atoms. The predicted octanol–water partition coefficient (Wildman–Crippen LogP) is 4.67. The van der Waals surface area contributed by atoms with Gasteiger partial charge in [-0.05, 0) is 64.2 Å². The average Bonchev–Trinajstić information content (AvgIpc) is 2.96. The molecule has 1 aliphatic rings. The first-order chi connectivity index (χ1) is 12.9. The quantitative estimate of drug-likeness (QED) is 0.296. The third-order valence-electron chi connectivity index (χ3n) is 5.34. The average molecular weight is 375 g/mol. The number of allylic oxidation sites excluding steroid dienone is 3. The van der Waals surface area contributed by atoms with Crippen molar-refractivity contribution in [3.63, 3.8) is 0 Å². The molecule has 1 saturated carbocycles. The summed E-state index contributed by atoms with van der Waals surface area (Å²) in [5.41, 5.74) is -0.887. The Hall–Kier alpha value is -1.86. The molecule has 2 N–H and O–H groups in total. The van der Waals surface area contributed by atoms with Gasteiger partial charge in [0.25, 0.3) is 0 Å². The van der Waals surface area contributed by atoms with Crippen molar-refractivity contribution in [3.05, 3.63) is 24.3 Å². The highest BCUT2D eigenvalue weighted by Crippen LogP contribution is 2.36. The van der Waals surface area contributed by atoms with Crippen LogP contribution in [0.3, 0.4) is 0 Å². The van der Waals surface area contributed by atoms with Crippen LogP contribution in [0.15, 0.2) is 24.3 Å². The normalized spacial score (nSPS) is 22.1. The molecule has 0 amide bonds. The van der Waals surface area contributed by atoms with E-state index >= 15 is 0 Å². The SMILES string of the molecule is CC#CC(O)(CCCC)CCC[C@H]1CCC(=O)[C@@H]1CCC=CC=CC(=O)O. The Labute approximate surface area is 163 Å². The zero-order chi connectivity index (χ0) is 20.1. The molecular weight excluding hydrogens is 340 g/mol. The van der Waals surface area contributed by atoms with Crippen LogP contribution in [0.25, 0.3) is 0 Å². The Morgan fingerprint density at radius 1 is 1.26 bits per heavy atom. The maximum absolute atomic E-state index is 12.2. The summed E-state index contributed by atoms with van der Waals surface area (Å²) in [6.45, 7) is 3.88. The molecular formula is C23H34O4. The van der Waals surface area contributed by atoms with Gasteiger partial charge >= 0.3 is 5.97 Å². The van der Waals surface area contributed by atoms with Crippen LogP contribution in [0.5, 0.6) is 0 Å². The first-order valence-corrected chi connectivity index (χ1v) is 10.2. The number of carboxylic acid groups (broad SMARTS) is 1. The number of carbonyl (C=O) groups excluding carboxylic acids is 1. The number of aliphatic hydroxyl groups is 1. The van der Waals surface area contributed by atoms with Crippen molar-refractivity contribution in [2.24, 2.45) is 11.8 Å². The highest BCUT2D eigenvalue weighted by molar-refractivity contribution is 5.83. The van der Waals surface area contributed by atoms with Crippen LogP contribution in [-0.2, 0) is 9.59 Å². The molecule has 0 saturated heterocycles. The van der Waals surface area contributed by atoms with Gasteiger partial charge in [0.1, 0.15) is 11.4 Å². The van der Waals surface area contributed by atoms with Crippen LogP contribution in [0.1, 0.15) is 78.1 Å². The van der Waals surface area contributed by atoms with Crippen LogP contribution >= 0.6 is 0 Å². The Morgan fingerprint density at radius 2 is 2.00 bits per heavy atom. The lowest BCUT2D eigenvalue weighted by molar-refractivity contribution is -0.131. The molecule has 0 aromatic heterocycles. The molecule has 27 heavy (non-hydrogen) atoms. The Morgan fingerprint density at radius 3 is 2.67 bits per heavy atom. The van der Waals surface area contributed by atoms with Crippen molar-refractivity contribution in [2.45, 2.75) is 83.7 Å². The van der Waals surface area contributed by atoms with E-state index in [1.807, 2.05) is 6.08 Å². The van der Waals surface area contributed by atoms with Crippen molar-refractivity contribution in [2.75, 3.05) is 0 Å². The fraction of sp³-hybridized carbons (Fsp3) is 0.652. The lowest BCUT2D eigenvalue weighted by Crippen LogP contribution is -2.27. The molecule has 0 bridgehead atoms. The third kappa shape index (κ3) is 9.06. The van der Waals surface area contributed by atoms with Crippen molar-refractivity contribution < 1.29 is 19.8 Å². The number of carboxylic acids is 1. The van der Waals surface area contributed by atoms with Crippen LogP contribution in [0.4, 0.5) is 0 Å². The maximum Gasteiger partial charge on any atom is 0.328 e. The molecule has 1 rings (SSSR count). The van der Waals surface area contributed by atoms with Gasteiger partial charge in [0, 0.05) is 18.4 Å². The lowest BCUT2D eigenvalue weighted by Gasteiger charge is -2.24. The van der Waals surface area contributed by atoms with E-state index in [9.17, 15) is 14.7 Å². The molecule has 1 unspecified atom stereocenters. The Kier molecular flexibility index (Phi) is 10.7. The second-order valence-corrected chi connectivity index (χ2v) is 7.48. The van der Waals surface area contributed by atoms with E-state index in [0.717, 1.165) is 51.0 Å². The summed E-state index contributed by atoms with van der Waals surface area (Å²) in [4.78, 5) is 22.6. The Balaban J connectivity index is 2.47. The lowest BCUT2D eigenvalue weighted by atomic mass is 9.84. The molecule has 0 aromatic rings. The summed E-state index contributed by atoms with van der Waals surface area (Å²) < 4.78 is 0. The molecule has 150 valence electrons. The minimum atomic E-state index is -0.961. The van der Waals surface area contributed by atoms with Crippen molar-refractivity contribution in [1.29, 1.82) is 0 Å². The van der Waals surface area contributed by atoms with Gasteiger partial charge in [0.2, 0.25) is 0 Å². The molecule has 0 aromatic carbocycles. The van der Waals surface area contributed by atoms with Crippen molar-refractivity contribution >= 4 is 11.8 Å². The first kappa shape index (κ1) is 23.2. The molecule has 0 radical (unpaired) electrons. The van der Waals surface area contributed by atoms with E-state index in [0.29, 0.717) is 31.0 Å². The van der Waals surface area contributed by atoms with Gasteiger partial charge in [0.15, 0.2) is 0 Å². The van der Waals surface area contributed by atoms with Gasteiger partial charge in [-0.1, -0.05) is 37.5 Å². The molecule has 0 heterocycles. The third-order valence-corrected chi connectivity index (χ3v) is 5.34.